The molecule has 138 valence electrons. The number of carbonyl (C=O) groups excluding carboxylic acids is 1. The van der Waals surface area contributed by atoms with Gasteiger partial charge in [0.15, 0.2) is 11.5 Å². The van der Waals surface area contributed by atoms with Gasteiger partial charge in [-0.3, -0.25) is 4.79 Å². The molecule has 0 bridgehead atoms. The minimum Gasteiger partial charge on any atom is -0.493 e. The van der Waals surface area contributed by atoms with Gasteiger partial charge >= 0.3 is 0 Å². The summed E-state index contributed by atoms with van der Waals surface area (Å²) in [7, 11) is 1.59. The van der Waals surface area contributed by atoms with Gasteiger partial charge in [0.2, 0.25) is 5.91 Å². The summed E-state index contributed by atoms with van der Waals surface area (Å²) in [4.78, 5) is 13.3. The van der Waals surface area contributed by atoms with Gasteiger partial charge in [0.25, 0.3) is 0 Å². The van der Waals surface area contributed by atoms with E-state index in [4.69, 9.17) is 9.47 Å². The van der Waals surface area contributed by atoms with Crippen molar-refractivity contribution in [1.82, 2.24) is 0 Å². The summed E-state index contributed by atoms with van der Waals surface area (Å²) in [5.74, 6) is 0.836. The number of thiophene rings is 1. The lowest BCUT2D eigenvalue weighted by Gasteiger charge is -2.25. The summed E-state index contributed by atoms with van der Waals surface area (Å²) in [6.07, 6.45) is 0.355. The number of hydrogen-bond donors (Lipinski definition) is 1. The van der Waals surface area contributed by atoms with Crippen molar-refractivity contribution < 1.29 is 18.7 Å². The van der Waals surface area contributed by atoms with Gasteiger partial charge in [-0.15, -0.1) is 11.3 Å². The Balaban J connectivity index is 1.69. The lowest BCUT2D eigenvalue weighted by Crippen LogP contribution is -2.22. The SMILES string of the molecule is COc1cccc([C@H]2CC(=O)Nc3ccsc32)c1OCc1ccc(F)cc1. The van der Waals surface area contributed by atoms with E-state index in [1.165, 1.54) is 12.1 Å². The fourth-order valence-electron chi connectivity index (χ4n) is 3.28. The number of benzene rings is 2. The molecule has 0 saturated carbocycles. The van der Waals surface area contributed by atoms with E-state index in [1.807, 2.05) is 29.6 Å². The molecule has 1 aliphatic heterocycles. The number of ether oxygens (including phenoxy) is 2. The molecule has 27 heavy (non-hydrogen) atoms. The highest BCUT2D eigenvalue weighted by molar-refractivity contribution is 7.10. The molecule has 0 radical (unpaired) electrons. The summed E-state index contributed by atoms with van der Waals surface area (Å²) in [6, 6.07) is 13.8. The van der Waals surface area contributed by atoms with E-state index in [9.17, 15) is 9.18 Å². The van der Waals surface area contributed by atoms with Gasteiger partial charge in [-0.25, -0.2) is 4.39 Å². The normalized spacial score (nSPS) is 15.8. The number of amides is 1. The Hall–Kier alpha value is -2.86. The molecule has 0 fully saturated rings. The average molecular weight is 383 g/mol. The van der Waals surface area contributed by atoms with Crippen LogP contribution in [0.3, 0.4) is 0 Å². The van der Waals surface area contributed by atoms with Crippen molar-refractivity contribution in [2.75, 3.05) is 12.4 Å². The van der Waals surface area contributed by atoms with Crippen molar-refractivity contribution in [2.45, 2.75) is 18.9 Å². The zero-order valence-corrected chi connectivity index (χ0v) is 15.5. The van der Waals surface area contributed by atoms with Crippen molar-refractivity contribution in [3.8, 4) is 11.5 Å². The second-order valence-electron chi connectivity index (χ2n) is 6.30. The van der Waals surface area contributed by atoms with Crippen LogP contribution in [0.5, 0.6) is 11.5 Å². The van der Waals surface area contributed by atoms with Crippen molar-refractivity contribution in [1.29, 1.82) is 0 Å². The topological polar surface area (TPSA) is 47.6 Å². The summed E-state index contributed by atoms with van der Waals surface area (Å²) < 4.78 is 24.7. The second kappa shape index (κ2) is 7.40. The maximum atomic E-state index is 13.1. The first-order chi connectivity index (χ1) is 13.2. The van der Waals surface area contributed by atoms with Gasteiger partial charge in [0.1, 0.15) is 12.4 Å². The molecule has 1 aromatic heterocycles. The maximum Gasteiger partial charge on any atom is 0.225 e. The first kappa shape index (κ1) is 17.5. The zero-order chi connectivity index (χ0) is 18.8. The Labute approximate surface area is 160 Å². The Morgan fingerprint density at radius 3 is 2.78 bits per heavy atom. The molecule has 1 N–H and O–H groups in total. The molecule has 0 spiro atoms. The third-order valence-electron chi connectivity index (χ3n) is 4.58. The monoisotopic (exact) mass is 383 g/mol. The van der Waals surface area contributed by atoms with Crippen molar-refractivity contribution in [3.05, 3.63) is 75.7 Å². The van der Waals surface area contributed by atoms with Crippen LogP contribution in [0.4, 0.5) is 10.1 Å². The standard InChI is InChI=1S/C21H18FNO3S/c1-25-18-4-2-3-15(16-11-19(24)23-17-9-10-27-21(16)17)20(18)26-12-13-5-7-14(22)8-6-13/h2-10,16H,11-12H2,1H3,(H,23,24)/t16-/m1/s1. The fraction of sp³-hybridized carbons (Fsp3) is 0.190. The first-order valence-electron chi connectivity index (χ1n) is 8.57. The third kappa shape index (κ3) is 3.53. The van der Waals surface area contributed by atoms with E-state index < -0.39 is 0 Å². The van der Waals surface area contributed by atoms with Gasteiger partial charge in [0.05, 0.1) is 12.8 Å². The van der Waals surface area contributed by atoms with E-state index in [1.54, 1.807) is 30.6 Å². The number of halogens is 1. The van der Waals surface area contributed by atoms with Gasteiger partial charge in [0, 0.05) is 22.8 Å². The second-order valence-corrected chi connectivity index (χ2v) is 7.24. The van der Waals surface area contributed by atoms with E-state index in [2.05, 4.69) is 5.32 Å². The molecule has 6 heteroatoms. The Kier molecular flexibility index (Phi) is 4.81. The Bertz CT molecular complexity index is 968. The highest BCUT2D eigenvalue weighted by Gasteiger charge is 2.30. The van der Waals surface area contributed by atoms with E-state index in [0.29, 0.717) is 17.9 Å². The zero-order valence-electron chi connectivity index (χ0n) is 14.7. The minimum absolute atomic E-state index is 0.0156. The van der Waals surface area contributed by atoms with Crippen LogP contribution in [-0.4, -0.2) is 13.0 Å². The lowest BCUT2D eigenvalue weighted by atomic mass is 9.89. The van der Waals surface area contributed by atoms with Gasteiger partial charge in [-0.2, -0.15) is 0 Å². The Morgan fingerprint density at radius 1 is 1.19 bits per heavy atom. The van der Waals surface area contributed by atoms with Crippen LogP contribution in [0.25, 0.3) is 0 Å². The first-order valence-corrected chi connectivity index (χ1v) is 9.45. The fourth-order valence-corrected chi connectivity index (χ4v) is 4.25. The summed E-state index contributed by atoms with van der Waals surface area (Å²) in [6.45, 7) is 0.282. The van der Waals surface area contributed by atoms with Crippen LogP contribution in [0.1, 0.15) is 28.3 Å². The smallest absolute Gasteiger partial charge is 0.225 e. The molecule has 2 heterocycles. The maximum absolute atomic E-state index is 13.1. The number of carbonyl (C=O) groups is 1. The molecule has 4 nitrogen and oxygen atoms in total. The van der Waals surface area contributed by atoms with Crippen molar-refractivity contribution >= 4 is 22.9 Å². The van der Waals surface area contributed by atoms with Gasteiger partial charge in [-0.05, 0) is 35.2 Å². The van der Waals surface area contributed by atoms with Gasteiger partial charge < -0.3 is 14.8 Å². The quantitative estimate of drug-likeness (QED) is 0.678. The molecule has 0 unspecified atom stereocenters. The molecule has 1 atom stereocenters. The highest BCUT2D eigenvalue weighted by Crippen LogP contribution is 2.46. The number of anilines is 1. The molecular weight excluding hydrogens is 365 g/mol. The molecule has 0 aliphatic carbocycles. The largest absolute Gasteiger partial charge is 0.493 e. The van der Waals surface area contributed by atoms with Crippen molar-refractivity contribution in [2.24, 2.45) is 0 Å². The molecule has 1 aliphatic rings. The molecular formula is C21H18FNO3S. The van der Waals surface area contributed by atoms with Crippen LogP contribution in [0.15, 0.2) is 53.9 Å². The predicted octanol–water partition coefficient (Wildman–Crippen LogP) is 4.95. The summed E-state index contributed by atoms with van der Waals surface area (Å²) in [5, 5.41) is 4.89. The Morgan fingerprint density at radius 2 is 2.00 bits per heavy atom. The summed E-state index contributed by atoms with van der Waals surface area (Å²) in [5.41, 5.74) is 2.62. The van der Waals surface area contributed by atoms with Crippen LogP contribution in [0.2, 0.25) is 0 Å². The van der Waals surface area contributed by atoms with Crippen molar-refractivity contribution in [3.63, 3.8) is 0 Å². The number of rotatable bonds is 5. The summed E-state index contributed by atoms with van der Waals surface area (Å²) >= 11 is 1.62. The number of fused-ring (bicyclic) bond motifs is 1. The molecule has 1 amide bonds. The predicted molar refractivity (Wildman–Crippen MR) is 103 cm³/mol. The minimum atomic E-state index is -0.282. The van der Waals surface area contributed by atoms with E-state index >= 15 is 0 Å². The number of para-hydroxylation sites is 1. The van der Waals surface area contributed by atoms with Crippen LogP contribution < -0.4 is 14.8 Å². The molecule has 0 saturated heterocycles. The van der Waals surface area contributed by atoms with Crippen LogP contribution in [0, 0.1) is 5.82 Å². The molecule has 2 aromatic carbocycles. The van der Waals surface area contributed by atoms with E-state index in [0.717, 1.165) is 21.7 Å². The average Bonchev–Trinajstić information content (AvgIpc) is 3.15. The number of nitrogens with one attached hydrogen (secondary N) is 1. The third-order valence-corrected chi connectivity index (χ3v) is 5.61. The van der Waals surface area contributed by atoms with Crippen LogP contribution >= 0.6 is 11.3 Å². The number of methoxy groups -OCH3 is 1. The highest BCUT2D eigenvalue weighted by atomic mass is 32.1. The lowest BCUT2D eigenvalue weighted by molar-refractivity contribution is -0.116. The molecule has 3 aromatic rings. The van der Waals surface area contributed by atoms with Crippen LogP contribution in [-0.2, 0) is 11.4 Å². The van der Waals surface area contributed by atoms with E-state index in [-0.39, 0.29) is 24.2 Å². The molecule has 4 rings (SSSR count). The van der Waals surface area contributed by atoms with Gasteiger partial charge in [-0.1, -0.05) is 24.3 Å². The number of hydrogen-bond acceptors (Lipinski definition) is 4.